The van der Waals surface area contributed by atoms with Crippen LogP contribution in [0.4, 0.5) is 0 Å². The maximum absolute atomic E-state index is 12.8. The molecule has 0 bridgehead atoms. The molecule has 1 amide bonds. The van der Waals surface area contributed by atoms with E-state index in [1.807, 2.05) is 30.3 Å². The molecule has 1 heterocycles. The number of benzene rings is 1. The van der Waals surface area contributed by atoms with Crippen LogP contribution in [0.5, 0.6) is 0 Å². The molecule has 0 aliphatic carbocycles. The lowest BCUT2D eigenvalue weighted by Crippen LogP contribution is -2.44. The summed E-state index contributed by atoms with van der Waals surface area (Å²) >= 11 is 0. The molecule has 0 radical (unpaired) electrons. The Morgan fingerprint density at radius 2 is 1.88 bits per heavy atom. The highest BCUT2D eigenvalue weighted by Gasteiger charge is 2.42. The van der Waals surface area contributed by atoms with E-state index in [-0.39, 0.29) is 24.2 Å². The largest absolute Gasteiger partial charge is 0.348 e. The Kier molecular flexibility index (Phi) is 7.22. The van der Waals surface area contributed by atoms with Crippen LogP contribution >= 0.6 is 12.4 Å². The summed E-state index contributed by atoms with van der Waals surface area (Å²) in [5.74, 6) is -0.274. The molecule has 0 saturated carbocycles. The number of carbonyl (C=O) groups is 1. The van der Waals surface area contributed by atoms with Crippen LogP contribution in [0.15, 0.2) is 30.3 Å². The highest BCUT2D eigenvalue weighted by Crippen LogP contribution is 2.34. The number of rotatable bonds is 5. The molecule has 1 aromatic rings. The van der Waals surface area contributed by atoms with Crippen molar-refractivity contribution in [2.24, 2.45) is 11.7 Å². The molecule has 0 spiro atoms. The Labute approximate surface area is 150 Å². The number of nitrogens with two attached hydrogens (primary N) is 1. The fourth-order valence-corrected chi connectivity index (χ4v) is 4.75. The van der Waals surface area contributed by atoms with Gasteiger partial charge in [0.1, 0.15) is 0 Å². The fraction of sp³-hybridized carbons (Fsp3) is 0.562. The summed E-state index contributed by atoms with van der Waals surface area (Å²) < 4.78 is 26.9. The predicted molar refractivity (Wildman–Crippen MR) is 97.6 cm³/mol. The van der Waals surface area contributed by atoms with Crippen LogP contribution < -0.4 is 5.73 Å². The third-order valence-corrected chi connectivity index (χ3v) is 6.65. The van der Waals surface area contributed by atoms with Gasteiger partial charge in [0, 0.05) is 33.1 Å². The molecule has 0 aromatic heterocycles. The van der Waals surface area contributed by atoms with E-state index in [0.717, 1.165) is 5.56 Å². The average Bonchev–Trinajstić information content (AvgIpc) is 2.99. The first-order chi connectivity index (χ1) is 10.8. The van der Waals surface area contributed by atoms with E-state index in [2.05, 4.69) is 0 Å². The molecule has 6 nitrogen and oxygen atoms in total. The quantitative estimate of drug-likeness (QED) is 0.828. The van der Waals surface area contributed by atoms with Crippen LogP contribution in [0.2, 0.25) is 0 Å². The second-order valence-corrected chi connectivity index (χ2v) is 8.50. The van der Waals surface area contributed by atoms with Crippen molar-refractivity contribution >= 4 is 28.3 Å². The van der Waals surface area contributed by atoms with Crippen molar-refractivity contribution in [3.05, 3.63) is 35.9 Å². The van der Waals surface area contributed by atoms with Gasteiger partial charge in [-0.1, -0.05) is 30.3 Å². The lowest BCUT2D eigenvalue weighted by molar-refractivity contribution is -0.128. The minimum Gasteiger partial charge on any atom is -0.348 e. The standard InChI is InChI=1S/C16H25N3O3S.ClH/c1-12(16(20)18(2)3)23(21,22)19-10-14(9-17)15(11-19)13-7-5-4-6-8-13;/h4-8,12,14-15H,9-11,17H2,1-3H3;1H/t12?,14-,15+;/m1./s1. The summed E-state index contributed by atoms with van der Waals surface area (Å²) in [7, 11) is -0.554. The first-order valence-electron chi connectivity index (χ1n) is 7.74. The van der Waals surface area contributed by atoms with Gasteiger partial charge in [-0.25, -0.2) is 12.7 Å². The number of amides is 1. The van der Waals surface area contributed by atoms with Crippen LogP contribution in [-0.2, 0) is 14.8 Å². The van der Waals surface area contributed by atoms with Gasteiger partial charge in [-0.15, -0.1) is 12.4 Å². The first kappa shape index (κ1) is 20.9. The van der Waals surface area contributed by atoms with Gasteiger partial charge >= 0.3 is 0 Å². The van der Waals surface area contributed by atoms with Gasteiger partial charge in [-0.3, -0.25) is 4.79 Å². The zero-order valence-electron chi connectivity index (χ0n) is 14.3. The van der Waals surface area contributed by atoms with Crippen molar-refractivity contribution in [3.63, 3.8) is 0 Å². The SMILES string of the molecule is CC(C(=O)N(C)C)S(=O)(=O)N1C[C@@H](CN)[C@H](c2ccccc2)C1.Cl. The third kappa shape index (κ3) is 4.08. The molecule has 1 aliphatic heterocycles. The van der Waals surface area contributed by atoms with Gasteiger partial charge in [0.15, 0.2) is 5.25 Å². The molecule has 1 aromatic carbocycles. The number of hydrogen-bond acceptors (Lipinski definition) is 4. The summed E-state index contributed by atoms with van der Waals surface area (Å²) in [4.78, 5) is 13.4. The van der Waals surface area contributed by atoms with Crippen molar-refractivity contribution in [3.8, 4) is 0 Å². The number of hydrogen-bond donors (Lipinski definition) is 1. The summed E-state index contributed by atoms with van der Waals surface area (Å²) in [5.41, 5.74) is 6.94. The molecular weight excluding hydrogens is 350 g/mol. The maximum Gasteiger partial charge on any atom is 0.241 e. The van der Waals surface area contributed by atoms with Crippen molar-refractivity contribution in [2.45, 2.75) is 18.1 Å². The van der Waals surface area contributed by atoms with Gasteiger partial charge in [0.05, 0.1) is 0 Å². The molecule has 2 rings (SSSR count). The zero-order valence-corrected chi connectivity index (χ0v) is 15.9. The van der Waals surface area contributed by atoms with E-state index < -0.39 is 21.2 Å². The number of sulfonamides is 1. The first-order valence-corrected chi connectivity index (χ1v) is 9.24. The van der Waals surface area contributed by atoms with Crippen molar-refractivity contribution < 1.29 is 13.2 Å². The molecular formula is C16H26ClN3O3S. The smallest absolute Gasteiger partial charge is 0.241 e. The molecule has 8 heteroatoms. The number of nitrogens with zero attached hydrogens (tertiary/aromatic N) is 2. The van der Waals surface area contributed by atoms with Gasteiger partial charge < -0.3 is 10.6 Å². The van der Waals surface area contributed by atoms with Gasteiger partial charge in [-0.05, 0) is 24.9 Å². The van der Waals surface area contributed by atoms with Crippen LogP contribution in [0.1, 0.15) is 18.4 Å². The van der Waals surface area contributed by atoms with Crippen LogP contribution in [-0.4, -0.2) is 62.5 Å². The minimum atomic E-state index is -3.68. The lowest BCUT2D eigenvalue weighted by atomic mass is 9.89. The third-order valence-electron chi connectivity index (χ3n) is 4.53. The molecule has 24 heavy (non-hydrogen) atoms. The molecule has 2 N–H and O–H groups in total. The van der Waals surface area contributed by atoms with E-state index in [9.17, 15) is 13.2 Å². The zero-order chi connectivity index (χ0) is 17.2. The summed E-state index contributed by atoms with van der Waals surface area (Å²) in [6, 6.07) is 9.81. The van der Waals surface area contributed by atoms with Crippen molar-refractivity contribution in [1.82, 2.24) is 9.21 Å². The van der Waals surface area contributed by atoms with E-state index >= 15 is 0 Å². The lowest BCUT2D eigenvalue weighted by Gasteiger charge is -2.23. The highest BCUT2D eigenvalue weighted by molar-refractivity contribution is 7.90. The molecule has 1 saturated heterocycles. The maximum atomic E-state index is 12.8. The molecule has 1 unspecified atom stereocenters. The van der Waals surface area contributed by atoms with Crippen LogP contribution in [0.25, 0.3) is 0 Å². The monoisotopic (exact) mass is 375 g/mol. The second kappa shape index (κ2) is 8.29. The Bertz CT molecular complexity index is 652. The Balaban J connectivity index is 0.00000288. The highest BCUT2D eigenvalue weighted by atomic mass is 35.5. The number of halogens is 1. The molecule has 1 fully saturated rings. The van der Waals surface area contributed by atoms with Crippen molar-refractivity contribution in [2.75, 3.05) is 33.7 Å². The molecule has 3 atom stereocenters. The second-order valence-electron chi connectivity index (χ2n) is 6.25. The van der Waals surface area contributed by atoms with Crippen molar-refractivity contribution in [1.29, 1.82) is 0 Å². The predicted octanol–water partition coefficient (Wildman–Crippen LogP) is 0.889. The molecule has 136 valence electrons. The minimum absolute atomic E-state index is 0. The molecule has 1 aliphatic rings. The fourth-order valence-electron chi connectivity index (χ4n) is 3.07. The van der Waals surface area contributed by atoms with Crippen LogP contribution in [0.3, 0.4) is 0 Å². The van der Waals surface area contributed by atoms with Gasteiger partial charge in [0.25, 0.3) is 0 Å². The van der Waals surface area contributed by atoms with Crippen LogP contribution in [0, 0.1) is 5.92 Å². The Hall–Kier alpha value is -1.15. The normalized spacial score (nSPS) is 22.7. The van der Waals surface area contributed by atoms with Gasteiger partial charge in [0.2, 0.25) is 15.9 Å². The number of carbonyl (C=O) groups excluding carboxylic acids is 1. The van der Waals surface area contributed by atoms with E-state index in [1.54, 1.807) is 14.1 Å². The van der Waals surface area contributed by atoms with E-state index in [0.29, 0.717) is 19.6 Å². The summed E-state index contributed by atoms with van der Waals surface area (Å²) in [6.07, 6.45) is 0. The average molecular weight is 376 g/mol. The summed E-state index contributed by atoms with van der Waals surface area (Å²) in [6.45, 7) is 2.61. The summed E-state index contributed by atoms with van der Waals surface area (Å²) in [5, 5.41) is -1.08. The van der Waals surface area contributed by atoms with E-state index in [1.165, 1.54) is 16.1 Å². The Morgan fingerprint density at radius 3 is 2.38 bits per heavy atom. The topological polar surface area (TPSA) is 83.7 Å². The van der Waals surface area contributed by atoms with Gasteiger partial charge in [-0.2, -0.15) is 0 Å². The Morgan fingerprint density at radius 1 is 1.29 bits per heavy atom. The van der Waals surface area contributed by atoms with E-state index in [4.69, 9.17) is 5.73 Å².